The first-order valence-electron chi connectivity index (χ1n) is 32.8. The van der Waals surface area contributed by atoms with E-state index in [4.69, 9.17) is 0 Å². The van der Waals surface area contributed by atoms with Gasteiger partial charge in [0.25, 0.3) is 0 Å². The van der Waals surface area contributed by atoms with Crippen LogP contribution in [0.25, 0.3) is 0 Å². The van der Waals surface area contributed by atoms with Gasteiger partial charge in [0.1, 0.15) is 0 Å². The lowest BCUT2D eigenvalue weighted by Gasteiger charge is -2.45. The maximum absolute atomic E-state index is 2.33. The quantitative estimate of drug-likeness (QED) is 0.0533. The summed E-state index contributed by atoms with van der Waals surface area (Å²) in [5, 5.41) is 0. The van der Waals surface area contributed by atoms with Crippen LogP contribution in [0.5, 0.6) is 0 Å². The molecule has 1 saturated carbocycles. The minimum Gasteiger partial charge on any atom is -0.0654 e. The third kappa shape index (κ3) is 44.0. The molecule has 1 rings (SSSR count). The molecule has 1 atom stereocenters. The summed E-state index contributed by atoms with van der Waals surface area (Å²) in [7, 11) is 0. The summed E-state index contributed by atoms with van der Waals surface area (Å²) in [5.74, 6) is 1.05. The first kappa shape index (κ1) is 64.0. The highest BCUT2D eigenvalue weighted by Crippen LogP contribution is 2.51. The molecule has 1 aliphatic carbocycles. The monoisotopic (exact) mass is 925 g/mol. The predicted molar refractivity (Wildman–Crippen MR) is 305 cm³/mol. The van der Waals surface area contributed by atoms with Crippen LogP contribution >= 0.6 is 0 Å². The van der Waals surface area contributed by atoms with E-state index in [1.807, 2.05) is 0 Å². The van der Waals surface area contributed by atoms with Crippen LogP contribution in [0, 0.1) is 11.3 Å². The van der Waals surface area contributed by atoms with Crippen molar-refractivity contribution in [1.82, 2.24) is 0 Å². The van der Waals surface area contributed by atoms with Crippen molar-refractivity contribution in [3.8, 4) is 0 Å². The summed E-state index contributed by atoms with van der Waals surface area (Å²) in [6, 6.07) is 0. The van der Waals surface area contributed by atoms with Gasteiger partial charge in [0, 0.05) is 0 Å². The van der Waals surface area contributed by atoms with Gasteiger partial charge in [-0.1, -0.05) is 380 Å². The lowest BCUT2D eigenvalue weighted by molar-refractivity contribution is 0.0566. The fraction of sp³-hybridized carbons (Fsp3) is 1.00. The summed E-state index contributed by atoms with van der Waals surface area (Å²) in [6.07, 6.45) is 91.4. The van der Waals surface area contributed by atoms with Crippen molar-refractivity contribution in [2.75, 3.05) is 0 Å². The molecule has 1 unspecified atom stereocenters. The Hall–Kier alpha value is 0. The SMILES string of the molecule is CCCCCCCCCCCCCCCCCCCCC1CCCCC1(CCCCCCCCCCCCCCCCCCCC)CCCCCCCCCCCCCCCCCCCC. The van der Waals surface area contributed by atoms with Crippen molar-refractivity contribution in [2.24, 2.45) is 11.3 Å². The second kappa shape index (κ2) is 54.3. The Kier molecular flexibility index (Phi) is 52.7. The van der Waals surface area contributed by atoms with Gasteiger partial charge in [-0.2, -0.15) is 0 Å². The topological polar surface area (TPSA) is 0 Å². The number of hydrogen-bond donors (Lipinski definition) is 0. The maximum atomic E-state index is 2.33. The molecule has 0 N–H and O–H groups in total. The van der Waals surface area contributed by atoms with Gasteiger partial charge < -0.3 is 0 Å². The van der Waals surface area contributed by atoms with E-state index in [1.54, 1.807) is 32.1 Å². The van der Waals surface area contributed by atoms with E-state index in [0.717, 1.165) is 5.92 Å². The van der Waals surface area contributed by atoms with E-state index in [-0.39, 0.29) is 0 Å². The molecular weight excluding hydrogens is 793 g/mol. The van der Waals surface area contributed by atoms with Gasteiger partial charge >= 0.3 is 0 Å². The number of hydrogen-bond acceptors (Lipinski definition) is 0. The molecule has 0 heteroatoms. The molecule has 66 heavy (non-hydrogen) atoms. The Labute approximate surface area is 421 Å². The molecule has 0 aromatic carbocycles. The van der Waals surface area contributed by atoms with Crippen LogP contribution in [0.15, 0.2) is 0 Å². The van der Waals surface area contributed by atoms with Gasteiger partial charge in [0.2, 0.25) is 0 Å². The second-order valence-corrected chi connectivity index (χ2v) is 23.6. The van der Waals surface area contributed by atoms with E-state index < -0.39 is 0 Å². The summed E-state index contributed by atoms with van der Waals surface area (Å²) >= 11 is 0. The fourth-order valence-corrected chi connectivity index (χ4v) is 12.7. The smallest absolute Gasteiger partial charge is 0.0269 e. The van der Waals surface area contributed by atoms with Crippen molar-refractivity contribution in [3.63, 3.8) is 0 Å². The van der Waals surface area contributed by atoms with Crippen molar-refractivity contribution < 1.29 is 0 Å². The summed E-state index contributed by atoms with van der Waals surface area (Å²) < 4.78 is 0. The molecule has 0 radical (unpaired) electrons. The Balaban J connectivity index is 2.28. The standard InChI is InChI=1S/C66H132/c1-4-7-10-13-16-19-22-25-28-31-34-37-40-43-46-49-52-55-60-65-61-56-59-64-66(65,62-57-53-50-47-44-41-38-35-32-29-26-23-20-17-14-11-8-5-2)63-58-54-51-48-45-42-39-36-33-30-27-24-21-18-15-12-9-6-3/h65H,4-64H2,1-3H3. The van der Waals surface area contributed by atoms with E-state index in [1.165, 1.54) is 360 Å². The fourth-order valence-electron chi connectivity index (χ4n) is 12.7. The second-order valence-electron chi connectivity index (χ2n) is 23.6. The largest absolute Gasteiger partial charge is 0.0654 e. The molecule has 0 saturated heterocycles. The van der Waals surface area contributed by atoms with Crippen LogP contribution in [-0.2, 0) is 0 Å². The lowest BCUT2D eigenvalue weighted by atomic mass is 9.60. The first-order chi connectivity index (χ1) is 32.8. The molecule has 0 aromatic heterocycles. The van der Waals surface area contributed by atoms with Gasteiger partial charge in [0.15, 0.2) is 0 Å². The Morgan fingerprint density at radius 1 is 0.227 bits per heavy atom. The molecule has 0 amide bonds. The molecular formula is C66H132. The molecule has 396 valence electrons. The van der Waals surface area contributed by atoms with Crippen molar-refractivity contribution in [2.45, 2.75) is 412 Å². The highest BCUT2D eigenvalue weighted by molar-refractivity contribution is 4.90. The van der Waals surface area contributed by atoms with Crippen LogP contribution in [-0.4, -0.2) is 0 Å². The zero-order valence-electron chi connectivity index (χ0n) is 47.2. The average molecular weight is 926 g/mol. The minimum atomic E-state index is 0.705. The zero-order valence-corrected chi connectivity index (χ0v) is 47.2. The van der Waals surface area contributed by atoms with Gasteiger partial charge in [-0.05, 0) is 43.4 Å². The Bertz CT molecular complexity index is 816. The Morgan fingerprint density at radius 3 is 0.652 bits per heavy atom. The van der Waals surface area contributed by atoms with E-state index in [0.29, 0.717) is 5.41 Å². The molecule has 0 aliphatic heterocycles. The van der Waals surface area contributed by atoms with Gasteiger partial charge in [-0.3, -0.25) is 0 Å². The summed E-state index contributed by atoms with van der Waals surface area (Å²) in [6.45, 7) is 6.98. The predicted octanol–water partition coefficient (Wildman–Crippen LogP) is 25.5. The van der Waals surface area contributed by atoms with Gasteiger partial charge in [-0.25, -0.2) is 0 Å². The first-order valence-corrected chi connectivity index (χ1v) is 32.8. The lowest BCUT2D eigenvalue weighted by Crippen LogP contribution is -2.34. The normalized spacial score (nSPS) is 15.0. The van der Waals surface area contributed by atoms with Crippen molar-refractivity contribution in [1.29, 1.82) is 0 Å². The Morgan fingerprint density at radius 2 is 0.424 bits per heavy atom. The van der Waals surface area contributed by atoms with Crippen LogP contribution in [0.4, 0.5) is 0 Å². The van der Waals surface area contributed by atoms with Crippen LogP contribution < -0.4 is 0 Å². The van der Waals surface area contributed by atoms with Crippen LogP contribution in [0.2, 0.25) is 0 Å². The van der Waals surface area contributed by atoms with Gasteiger partial charge in [0.05, 0.1) is 0 Å². The minimum absolute atomic E-state index is 0.705. The number of rotatable bonds is 57. The average Bonchev–Trinajstić information content (AvgIpc) is 3.33. The van der Waals surface area contributed by atoms with E-state index in [9.17, 15) is 0 Å². The van der Waals surface area contributed by atoms with Gasteiger partial charge in [-0.15, -0.1) is 0 Å². The summed E-state index contributed by atoms with van der Waals surface area (Å²) in [5.41, 5.74) is 0.705. The van der Waals surface area contributed by atoms with Crippen molar-refractivity contribution in [3.05, 3.63) is 0 Å². The van der Waals surface area contributed by atoms with Crippen LogP contribution in [0.3, 0.4) is 0 Å². The van der Waals surface area contributed by atoms with E-state index in [2.05, 4.69) is 20.8 Å². The maximum Gasteiger partial charge on any atom is -0.0269 e. The molecule has 0 aromatic rings. The van der Waals surface area contributed by atoms with E-state index >= 15 is 0 Å². The molecule has 1 aliphatic rings. The molecule has 0 heterocycles. The molecule has 0 nitrogen and oxygen atoms in total. The third-order valence-electron chi connectivity index (χ3n) is 17.3. The zero-order chi connectivity index (χ0) is 47.2. The highest BCUT2D eigenvalue weighted by atomic mass is 14.4. The van der Waals surface area contributed by atoms with Crippen molar-refractivity contribution >= 4 is 0 Å². The molecule has 0 spiro atoms. The number of unbranched alkanes of at least 4 members (excludes halogenated alkanes) is 51. The highest BCUT2D eigenvalue weighted by Gasteiger charge is 2.39. The molecule has 1 fully saturated rings. The summed E-state index contributed by atoms with van der Waals surface area (Å²) in [4.78, 5) is 0. The third-order valence-corrected chi connectivity index (χ3v) is 17.3. The molecule has 0 bridgehead atoms. The van der Waals surface area contributed by atoms with Crippen LogP contribution in [0.1, 0.15) is 412 Å².